The summed E-state index contributed by atoms with van der Waals surface area (Å²) in [7, 11) is 0. The van der Waals surface area contributed by atoms with Crippen LogP contribution < -0.4 is 0 Å². The van der Waals surface area contributed by atoms with Gasteiger partial charge >= 0.3 is 0 Å². The standard InChI is InChI=1S/C11H19N3O4/c1-11(2,3)7-4-12-13-14(7)10-9(17)8(16)6(5-15)18-10/h4,6,8-10,15-17H,5H2,1-3H3/t6-,8-,9-,10-/m1/s1. The zero-order valence-corrected chi connectivity index (χ0v) is 10.7. The van der Waals surface area contributed by atoms with Crippen LogP contribution in [0.2, 0.25) is 0 Å². The topological polar surface area (TPSA) is 101 Å². The fourth-order valence-electron chi connectivity index (χ4n) is 2.05. The second kappa shape index (κ2) is 4.58. The van der Waals surface area contributed by atoms with E-state index >= 15 is 0 Å². The summed E-state index contributed by atoms with van der Waals surface area (Å²) in [6, 6.07) is 0. The Morgan fingerprint density at radius 1 is 1.33 bits per heavy atom. The average Bonchev–Trinajstić information content (AvgIpc) is 2.85. The maximum atomic E-state index is 9.95. The summed E-state index contributed by atoms with van der Waals surface area (Å²) in [6.45, 7) is 5.62. The van der Waals surface area contributed by atoms with Crippen molar-refractivity contribution in [2.24, 2.45) is 0 Å². The van der Waals surface area contributed by atoms with E-state index in [4.69, 9.17) is 9.84 Å². The Bertz CT molecular complexity index is 415. The molecule has 1 saturated heterocycles. The van der Waals surface area contributed by atoms with E-state index in [1.165, 1.54) is 4.68 Å². The maximum absolute atomic E-state index is 9.95. The van der Waals surface area contributed by atoms with Crippen LogP contribution in [-0.2, 0) is 10.2 Å². The molecule has 2 rings (SSSR count). The second-order valence-corrected chi connectivity index (χ2v) is 5.54. The molecule has 0 spiro atoms. The van der Waals surface area contributed by atoms with Crippen molar-refractivity contribution in [2.45, 2.75) is 50.7 Å². The second-order valence-electron chi connectivity index (χ2n) is 5.54. The first-order chi connectivity index (χ1) is 8.36. The van der Waals surface area contributed by atoms with Crippen LogP contribution in [0.1, 0.15) is 32.7 Å². The predicted molar refractivity (Wildman–Crippen MR) is 61.7 cm³/mol. The monoisotopic (exact) mass is 257 g/mol. The predicted octanol–water partition coefficient (Wildman–Crippen LogP) is -0.813. The molecule has 4 atom stereocenters. The molecule has 7 heteroatoms. The highest BCUT2D eigenvalue weighted by Crippen LogP contribution is 2.32. The largest absolute Gasteiger partial charge is 0.394 e. The van der Waals surface area contributed by atoms with E-state index < -0.39 is 24.5 Å². The van der Waals surface area contributed by atoms with E-state index in [0.717, 1.165) is 5.69 Å². The van der Waals surface area contributed by atoms with Gasteiger partial charge in [-0.1, -0.05) is 26.0 Å². The van der Waals surface area contributed by atoms with Crippen molar-refractivity contribution >= 4 is 0 Å². The maximum Gasteiger partial charge on any atom is 0.181 e. The number of aromatic nitrogens is 3. The molecule has 1 aromatic heterocycles. The lowest BCUT2D eigenvalue weighted by atomic mass is 9.92. The number of rotatable bonds is 2. The zero-order valence-electron chi connectivity index (χ0n) is 10.7. The van der Waals surface area contributed by atoms with Crippen molar-refractivity contribution in [2.75, 3.05) is 6.61 Å². The molecule has 2 heterocycles. The first-order valence-electron chi connectivity index (χ1n) is 5.89. The highest BCUT2D eigenvalue weighted by atomic mass is 16.6. The molecule has 1 aromatic rings. The molecule has 0 saturated carbocycles. The van der Waals surface area contributed by atoms with Gasteiger partial charge in [0.1, 0.15) is 18.3 Å². The van der Waals surface area contributed by atoms with Crippen molar-refractivity contribution in [3.05, 3.63) is 11.9 Å². The Morgan fingerprint density at radius 2 is 2.00 bits per heavy atom. The highest BCUT2D eigenvalue weighted by molar-refractivity contribution is 5.09. The molecule has 0 aliphatic carbocycles. The first kappa shape index (κ1) is 13.4. The van der Waals surface area contributed by atoms with Gasteiger partial charge in [0.25, 0.3) is 0 Å². The van der Waals surface area contributed by atoms with E-state index in [-0.39, 0.29) is 12.0 Å². The van der Waals surface area contributed by atoms with Gasteiger partial charge in [-0.3, -0.25) is 0 Å². The molecule has 3 N–H and O–H groups in total. The lowest BCUT2D eigenvalue weighted by Gasteiger charge is -2.23. The van der Waals surface area contributed by atoms with Gasteiger partial charge in [0.05, 0.1) is 18.5 Å². The zero-order chi connectivity index (χ0) is 13.5. The van der Waals surface area contributed by atoms with Crippen LogP contribution in [-0.4, -0.2) is 55.2 Å². The number of aliphatic hydroxyl groups is 3. The highest BCUT2D eigenvalue weighted by Gasteiger charge is 2.45. The Balaban J connectivity index is 2.31. The third kappa shape index (κ3) is 2.14. The third-order valence-corrected chi connectivity index (χ3v) is 3.10. The smallest absolute Gasteiger partial charge is 0.181 e. The van der Waals surface area contributed by atoms with Crippen molar-refractivity contribution in [1.82, 2.24) is 15.0 Å². The van der Waals surface area contributed by atoms with Gasteiger partial charge in [0.15, 0.2) is 6.23 Å². The van der Waals surface area contributed by atoms with Crippen LogP contribution in [0.3, 0.4) is 0 Å². The van der Waals surface area contributed by atoms with Gasteiger partial charge in [-0.05, 0) is 0 Å². The summed E-state index contributed by atoms with van der Waals surface area (Å²) in [6.07, 6.45) is -2.28. The molecular formula is C11H19N3O4. The number of nitrogens with zero attached hydrogens (tertiary/aromatic N) is 3. The summed E-state index contributed by atoms with van der Waals surface area (Å²) in [5.74, 6) is 0. The molecule has 1 aliphatic rings. The van der Waals surface area contributed by atoms with Crippen molar-refractivity contribution in [3.8, 4) is 0 Å². The Morgan fingerprint density at radius 3 is 2.50 bits per heavy atom. The quantitative estimate of drug-likeness (QED) is 0.640. The van der Waals surface area contributed by atoms with E-state index in [2.05, 4.69) is 10.3 Å². The minimum Gasteiger partial charge on any atom is -0.394 e. The van der Waals surface area contributed by atoms with Gasteiger partial charge in [-0.2, -0.15) is 0 Å². The molecule has 0 bridgehead atoms. The number of hydrogen-bond acceptors (Lipinski definition) is 6. The summed E-state index contributed by atoms with van der Waals surface area (Å²) in [5, 5.41) is 36.5. The fraction of sp³-hybridized carbons (Fsp3) is 0.818. The van der Waals surface area contributed by atoms with Crippen LogP contribution in [0.4, 0.5) is 0 Å². The average molecular weight is 257 g/mol. The van der Waals surface area contributed by atoms with E-state index in [1.807, 2.05) is 20.8 Å². The number of aliphatic hydroxyl groups excluding tert-OH is 3. The minimum absolute atomic E-state index is 0.213. The van der Waals surface area contributed by atoms with Gasteiger partial charge in [-0.25, -0.2) is 4.68 Å². The van der Waals surface area contributed by atoms with Crippen LogP contribution in [0, 0.1) is 0 Å². The van der Waals surface area contributed by atoms with E-state index in [9.17, 15) is 10.2 Å². The fourth-order valence-corrected chi connectivity index (χ4v) is 2.05. The molecule has 18 heavy (non-hydrogen) atoms. The molecule has 1 fully saturated rings. The van der Waals surface area contributed by atoms with Gasteiger partial charge < -0.3 is 20.1 Å². The first-order valence-corrected chi connectivity index (χ1v) is 5.89. The molecule has 102 valence electrons. The van der Waals surface area contributed by atoms with Gasteiger partial charge in [-0.15, -0.1) is 5.10 Å². The molecule has 7 nitrogen and oxygen atoms in total. The van der Waals surface area contributed by atoms with Crippen molar-refractivity contribution < 1.29 is 20.1 Å². The summed E-state index contributed by atoms with van der Waals surface area (Å²) in [4.78, 5) is 0. The summed E-state index contributed by atoms with van der Waals surface area (Å²) < 4.78 is 6.89. The normalized spacial score (nSPS) is 33.0. The van der Waals surface area contributed by atoms with E-state index in [1.54, 1.807) is 6.20 Å². The molecule has 1 aliphatic heterocycles. The SMILES string of the molecule is CC(C)(C)c1cnnn1[C@@H]1O[C@H](CO)[C@@H](O)[C@H]1O. The van der Waals surface area contributed by atoms with Crippen LogP contribution in [0.15, 0.2) is 6.20 Å². The third-order valence-electron chi connectivity index (χ3n) is 3.10. The number of hydrogen-bond donors (Lipinski definition) is 3. The summed E-state index contributed by atoms with van der Waals surface area (Å²) >= 11 is 0. The Labute approximate surface area is 105 Å². The van der Waals surface area contributed by atoms with Crippen LogP contribution in [0.5, 0.6) is 0 Å². The lowest BCUT2D eigenvalue weighted by molar-refractivity contribution is -0.0616. The Hall–Kier alpha value is -1.02. The van der Waals surface area contributed by atoms with Crippen LogP contribution >= 0.6 is 0 Å². The van der Waals surface area contributed by atoms with E-state index in [0.29, 0.717) is 0 Å². The molecule has 0 radical (unpaired) electrons. The Kier molecular flexibility index (Phi) is 3.41. The molecular weight excluding hydrogens is 238 g/mol. The molecule has 0 unspecified atom stereocenters. The molecule has 0 aromatic carbocycles. The number of ether oxygens (including phenoxy) is 1. The molecule has 0 amide bonds. The van der Waals surface area contributed by atoms with Crippen molar-refractivity contribution in [3.63, 3.8) is 0 Å². The van der Waals surface area contributed by atoms with Gasteiger partial charge in [0, 0.05) is 5.41 Å². The van der Waals surface area contributed by atoms with Crippen molar-refractivity contribution in [1.29, 1.82) is 0 Å². The lowest BCUT2D eigenvalue weighted by Crippen LogP contribution is -2.34. The van der Waals surface area contributed by atoms with Crippen LogP contribution in [0.25, 0.3) is 0 Å². The summed E-state index contributed by atoms with van der Waals surface area (Å²) in [5.41, 5.74) is 0.576. The van der Waals surface area contributed by atoms with Gasteiger partial charge in [0.2, 0.25) is 0 Å². The minimum atomic E-state index is -1.13.